The van der Waals surface area contributed by atoms with E-state index in [2.05, 4.69) is 144 Å². The van der Waals surface area contributed by atoms with Crippen LogP contribution in [0, 0.1) is 37.9 Å². The molecule has 9 nitrogen and oxygen atoms in total. The van der Waals surface area contributed by atoms with Gasteiger partial charge in [0.2, 0.25) is 11.8 Å². The summed E-state index contributed by atoms with van der Waals surface area (Å²) in [5.74, 6) is 0.0110. The van der Waals surface area contributed by atoms with E-state index in [1.165, 1.54) is 0 Å². The number of rotatable bonds is 28. The molecule has 0 bridgehead atoms. The van der Waals surface area contributed by atoms with Gasteiger partial charge in [-0.05, 0) is 175 Å². The third kappa shape index (κ3) is 24.9. The molecule has 0 aliphatic rings. The third-order valence-electron chi connectivity index (χ3n) is 12.1. The zero-order valence-corrected chi connectivity index (χ0v) is 47.2. The molecule has 9 heteroatoms. The Hall–Kier alpha value is -1.26. The van der Waals surface area contributed by atoms with E-state index in [-0.39, 0.29) is 67.3 Å². The van der Waals surface area contributed by atoms with Gasteiger partial charge in [-0.3, -0.25) is 9.59 Å². The van der Waals surface area contributed by atoms with Crippen molar-refractivity contribution in [3.05, 3.63) is 0 Å². The average molecular weight is 895 g/mol. The Kier molecular flexibility index (Phi) is 20.1. The number of amides is 2. The van der Waals surface area contributed by atoms with Crippen molar-refractivity contribution in [3.63, 3.8) is 0 Å². The Balaban J connectivity index is 6.03. The molecular weight excluding hydrogens is 783 g/mol. The molecule has 0 fully saturated rings. The molecule has 0 aromatic rings. The fraction of sp³-hybridized carbons (Fsp3) is 0.963. The predicted octanol–water partition coefficient (Wildman–Crippen LogP) is 12.2. The summed E-state index contributed by atoms with van der Waals surface area (Å²) in [6.07, 6.45) is 6.15. The molecular formula is C54H111N5O4. The van der Waals surface area contributed by atoms with Crippen molar-refractivity contribution in [1.29, 1.82) is 0 Å². The summed E-state index contributed by atoms with van der Waals surface area (Å²) >= 11 is 0. The molecule has 1 unspecified atom stereocenters. The van der Waals surface area contributed by atoms with Crippen molar-refractivity contribution in [2.45, 2.75) is 278 Å². The van der Waals surface area contributed by atoms with Crippen LogP contribution in [0.1, 0.15) is 238 Å². The zero-order chi connectivity index (χ0) is 50.7. The number of ether oxygens (including phenoxy) is 2. The first-order chi connectivity index (χ1) is 27.2. The summed E-state index contributed by atoms with van der Waals surface area (Å²) in [5.41, 5.74) is 14.3. The highest BCUT2D eigenvalue weighted by atomic mass is 16.5. The first-order valence-electron chi connectivity index (χ1n) is 24.5. The van der Waals surface area contributed by atoms with Crippen molar-refractivity contribution in [3.8, 4) is 0 Å². The lowest BCUT2D eigenvalue weighted by atomic mass is 9.71. The summed E-state index contributed by atoms with van der Waals surface area (Å²) < 4.78 is 13.9. The monoisotopic (exact) mass is 894 g/mol. The van der Waals surface area contributed by atoms with Crippen LogP contribution in [0.25, 0.3) is 0 Å². The van der Waals surface area contributed by atoms with Crippen LogP contribution in [0.15, 0.2) is 0 Å². The van der Waals surface area contributed by atoms with Crippen molar-refractivity contribution in [2.75, 3.05) is 19.6 Å². The van der Waals surface area contributed by atoms with Crippen LogP contribution in [0.5, 0.6) is 0 Å². The molecule has 2 amide bonds. The average Bonchev–Trinajstić information content (AvgIpc) is 2.88. The van der Waals surface area contributed by atoms with Gasteiger partial charge in [-0.15, -0.1) is 0 Å². The molecule has 0 aliphatic carbocycles. The van der Waals surface area contributed by atoms with E-state index in [1.54, 1.807) is 0 Å². The van der Waals surface area contributed by atoms with Crippen LogP contribution in [-0.4, -0.2) is 75.9 Å². The van der Waals surface area contributed by atoms with Gasteiger partial charge in [0.05, 0.1) is 22.4 Å². The molecule has 1 atom stereocenters. The topological polar surface area (TPSA) is 146 Å². The lowest BCUT2D eigenvalue weighted by Crippen LogP contribution is -2.54. The fourth-order valence-electron chi connectivity index (χ4n) is 13.3. The van der Waals surface area contributed by atoms with E-state index < -0.39 is 22.0 Å². The minimum absolute atomic E-state index is 0.00568. The number of carbonyl (C=O) groups is 2. The van der Waals surface area contributed by atoms with Crippen LogP contribution < -0.4 is 22.5 Å². The molecule has 7 N–H and O–H groups in total. The summed E-state index contributed by atoms with van der Waals surface area (Å²) in [5, 5.41) is 3.44. The molecule has 0 aliphatic heterocycles. The van der Waals surface area contributed by atoms with Gasteiger partial charge in [0, 0.05) is 41.0 Å². The molecule has 0 radical (unpaired) electrons. The van der Waals surface area contributed by atoms with Crippen molar-refractivity contribution < 1.29 is 19.1 Å². The first kappa shape index (κ1) is 61.7. The van der Waals surface area contributed by atoms with Gasteiger partial charge in [-0.25, -0.2) is 0 Å². The van der Waals surface area contributed by atoms with Gasteiger partial charge in [0.15, 0.2) is 0 Å². The SMILES string of the molecule is CC(N)CC(C)(C)CN(CC(C)(C)CC(C)(C)N)C(=O)C(C)(C)CC(C)(C)C(=O)NC(C)(C)CC(C)(C)CC(C)(C)OC(C)(C)CC(C)(C)CC(C)(C)OC(C)(C)CC(C)(C)CN. The van der Waals surface area contributed by atoms with Crippen LogP contribution in [0.4, 0.5) is 0 Å². The van der Waals surface area contributed by atoms with Crippen LogP contribution in [-0.2, 0) is 19.1 Å². The quantitative estimate of drug-likeness (QED) is 0.0612. The minimum atomic E-state index is -0.808. The lowest BCUT2D eigenvalue weighted by Gasteiger charge is -2.47. The summed E-state index contributed by atoms with van der Waals surface area (Å²) in [6.45, 7) is 60.0. The summed E-state index contributed by atoms with van der Waals surface area (Å²) in [4.78, 5) is 31.1. The van der Waals surface area contributed by atoms with Gasteiger partial charge in [-0.1, -0.05) is 96.9 Å². The van der Waals surface area contributed by atoms with E-state index in [0.717, 1.165) is 44.9 Å². The third-order valence-corrected chi connectivity index (χ3v) is 12.1. The van der Waals surface area contributed by atoms with Crippen LogP contribution in [0.2, 0.25) is 0 Å². The summed E-state index contributed by atoms with van der Waals surface area (Å²) in [7, 11) is 0. The molecule has 0 saturated heterocycles. The van der Waals surface area contributed by atoms with E-state index in [9.17, 15) is 9.59 Å². The maximum Gasteiger partial charge on any atom is 0.228 e. The zero-order valence-electron chi connectivity index (χ0n) is 47.2. The van der Waals surface area contributed by atoms with Gasteiger partial charge < -0.3 is 36.9 Å². The molecule has 0 aromatic carbocycles. The molecule has 63 heavy (non-hydrogen) atoms. The number of hydrogen-bond acceptors (Lipinski definition) is 7. The Morgan fingerprint density at radius 1 is 0.492 bits per heavy atom. The van der Waals surface area contributed by atoms with Gasteiger partial charge in [0.25, 0.3) is 0 Å². The molecule has 0 rings (SSSR count). The van der Waals surface area contributed by atoms with E-state index >= 15 is 0 Å². The Morgan fingerprint density at radius 2 is 0.841 bits per heavy atom. The maximum absolute atomic E-state index is 14.7. The fourth-order valence-corrected chi connectivity index (χ4v) is 13.3. The highest BCUT2D eigenvalue weighted by Crippen LogP contribution is 2.45. The second-order valence-electron chi connectivity index (χ2n) is 29.9. The smallest absolute Gasteiger partial charge is 0.228 e. The standard InChI is InChI=1S/C54H111N5O4/c1-39(56)28-42(2,3)37-59(38-46(10,11)29-49(16,17)57)41(61)48(14,15)35-47(12,13)40(60)58-50(18,19)30-43(4,5)31-51(20,21)62-52(22,23)32-44(6,7)33-53(24,25)63-54(26,27)34-45(8,9)36-55/h39H,28-38,55-57H2,1-27H3,(H,58,60). The van der Waals surface area contributed by atoms with Gasteiger partial charge in [-0.2, -0.15) is 0 Å². The Labute approximate surface area is 392 Å². The van der Waals surface area contributed by atoms with Gasteiger partial charge >= 0.3 is 0 Å². The van der Waals surface area contributed by atoms with E-state index in [0.29, 0.717) is 26.1 Å². The van der Waals surface area contributed by atoms with Crippen LogP contribution >= 0.6 is 0 Å². The Bertz CT molecular complexity index is 1470. The van der Waals surface area contributed by atoms with Crippen LogP contribution in [0.3, 0.4) is 0 Å². The summed E-state index contributed by atoms with van der Waals surface area (Å²) in [6, 6.07) is 0.0156. The number of nitrogens with two attached hydrogens (primary N) is 3. The molecule has 0 heterocycles. The number of carbonyl (C=O) groups excluding carboxylic acids is 2. The maximum atomic E-state index is 14.7. The lowest BCUT2D eigenvalue weighted by molar-refractivity contribution is -0.171. The molecule has 0 saturated carbocycles. The van der Waals surface area contributed by atoms with E-state index in [4.69, 9.17) is 26.7 Å². The van der Waals surface area contributed by atoms with Crippen molar-refractivity contribution in [2.24, 2.45) is 55.1 Å². The minimum Gasteiger partial charge on any atom is -0.370 e. The highest BCUT2D eigenvalue weighted by molar-refractivity contribution is 5.86. The number of hydrogen-bond donors (Lipinski definition) is 4. The molecule has 0 spiro atoms. The van der Waals surface area contributed by atoms with E-state index in [1.807, 2.05) is 53.4 Å². The van der Waals surface area contributed by atoms with Crippen molar-refractivity contribution >= 4 is 11.8 Å². The highest BCUT2D eigenvalue weighted by Gasteiger charge is 2.46. The predicted molar refractivity (Wildman–Crippen MR) is 272 cm³/mol. The largest absolute Gasteiger partial charge is 0.370 e. The molecule has 376 valence electrons. The van der Waals surface area contributed by atoms with Crippen molar-refractivity contribution in [1.82, 2.24) is 10.2 Å². The van der Waals surface area contributed by atoms with Gasteiger partial charge in [0.1, 0.15) is 0 Å². The second kappa shape index (κ2) is 20.5. The normalized spacial score (nSPS) is 15.7. The first-order valence-corrected chi connectivity index (χ1v) is 24.5. The number of nitrogens with one attached hydrogen (secondary N) is 1. The Morgan fingerprint density at radius 3 is 1.19 bits per heavy atom. The molecule has 0 aromatic heterocycles. The number of nitrogens with zero attached hydrogens (tertiary/aromatic N) is 1. The second-order valence-corrected chi connectivity index (χ2v) is 29.9.